The van der Waals surface area contributed by atoms with Crippen molar-refractivity contribution in [2.75, 3.05) is 0 Å². The first kappa shape index (κ1) is 16.2. The molecule has 0 aliphatic carbocycles. The third kappa shape index (κ3) is 2.25. The van der Waals surface area contributed by atoms with Gasteiger partial charge in [0.05, 0.1) is 11.1 Å². The van der Waals surface area contributed by atoms with Crippen LogP contribution in [0.1, 0.15) is 20.7 Å². The van der Waals surface area contributed by atoms with Crippen LogP contribution in [-0.4, -0.2) is 21.9 Å². The minimum absolute atomic E-state index is 0.0757. The van der Waals surface area contributed by atoms with Crippen molar-refractivity contribution in [3.8, 4) is 16.9 Å². The van der Waals surface area contributed by atoms with Crippen molar-refractivity contribution in [2.24, 2.45) is 0 Å². The molecule has 2 amide bonds. The lowest BCUT2D eigenvalue weighted by molar-refractivity contribution is 0.0880. The third-order valence-electron chi connectivity index (χ3n) is 4.77. The highest BCUT2D eigenvalue weighted by Crippen LogP contribution is 2.41. The molecule has 2 heterocycles. The van der Waals surface area contributed by atoms with Gasteiger partial charge in [0, 0.05) is 37.4 Å². The van der Waals surface area contributed by atoms with Crippen molar-refractivity contribution in [3.05, 3.63) is 63.6 Å². The summed E-state index contributed by atoms with van der Waals surface area (Å²) >= 11 is 12.3. The van der Waals surface area contributed by atoms with Gasteiger partial charge in [-0.3, -0.25) is 14.9 Å². The van der Waals surface area contributed by atoms with E-state index in [9.17, 15) is 14.7 Å². The number of H-pyrrole nitrogens is 1. The van der Waals surface area contributed by atoms with Crippen LogP contribution in [0, 0.1) is 0 Å². The van der Waals surface area contributed by atoms with Crippen LogP contribution in [0.5, 0.6) is 5.75 Å². The molecule has 3 N–H and O–H groups in total. The highest BCUT2D eigenvalue weighted by molar-refractivity contribution is 6.38. The molecule has 0 saturated heterocycles. The predicted octanol–water partition coefficient (Wildman–Crippen LogP) is 4.88. The van der Waals surface area contributed by atoms with Gasteiger partial charge in [-0.15, -0.1) is 0 Å². The van der Waals surface area contributed by atoms with Crippen molar-refractivity contribution in [1.82, 2.24) is 10.3 Å². The van der Waals surface area contributed by atoms with Crippen LogP contribution < -0.4 is 5.32 Å². The first-order valence-electron chi connectivity index (χ1n) is 8.06. The second-order valence-corrected chi connectivity index (χ2v) is 7.20. The van der Waals surface area contributed by atoms with Crippen molar-refractivity contribution < 1.29 is 14.7 Å². The monoisotopic (exact) mass is 396 g/mol. The number of imide groups is 1. The Morgan fingerprint density at radius 3 is 2.37 bits per heavy atom. The topological polar surface area (TPSA) is 82.2 Å². The lowest BCUT2D eigenvalue weighted by Crippen LogP contribution is -2.20. The van der Waals surface area contributed by atoms with Gasteiger partial charge in [-0.2, -0.15) is 0 Å². The molecule has 0 spiro atoms. The Hall–Kier alpha value is -3.02. The summed E-state index contributed by atoms with van der Waals surface area (Å²) in [6, 6.07) is 11.6. The van der Waals surface area contributed by atoms with Gasteiger partial charge in [-0.1, -0.05) is 29.3 Å². The van der Waals surface area contributed by atoms with Gasteiger partial charge < -0.3 is 10.1 Å². The summed E-state index contributed by atoms with van der Waals surface area (Å²) in [6.07, 6.45) is 0. The van der Waals surface area contributed by atoms with E-state index >= 15 is 0 Å². The molecular formula is C20H10Cl2N2O3. The van der Waals surface area contributed by atoms with E-state index in [-0.39, 0.29) is 16.9 Å². The van der Waals surface area contributed by atoms with Crippen LogP contribution in [-0.2, 0) is 0 Å². The van der Waals surface area contributed by atoms with E-state index < -0.39 is 11.8 Å². The first-order valence-corrected chi connectivity index (χ1v) is 8.82. The zero-order valence-corrected chi connectivity index (χ0v) is 15.1. The molecule has 27 heavy (non-hydrogen) atoms. The Bertz CT molecular complexity index is 1320. The fourth-order valence-corrected chi connectivity index (χ4v) is 4.18. The van der Waals surface area contributed by atoms with Gasteiger partial charge in [0.2, 0.25) is 0 Å². The standard InChI is InChI=1S/C20H10Cl2N2O3/c21-8-1-3-10(13(22)5-8)11-7-15-16(18-17(11)19(26)24-20(18)27)12-6-9(25)2-4-14(12)23-15/h1-7,23,25H,(H,24,26,27). The molecule has 0 saturated carbocycles. The number of hydrogen-bond donors (Lipinski definition) is 3. The maximum absolute atomic E-state index is 12.6. The van der Waals surface area contributed by atoms with E-state index in [2.05, 4.69) is 10.3 Å². The maximum Gasteiger partial charge on any atom is 0.259 e. The highest BCUT2D eigenvalue weighted by Gasteiger charge is 2.34. The number of rotatable bonds is 1. The number of amides is 2. The summed E-state index contributed by atoms with van der Waals surface area (Å²) in [4.78, 5) is 28.4. The molecule has 0 atom stereocenters. The number of phenols is 1. The second kappa shape index (κ2) is 5.49. The normalized spacial score (nSPS) is 13.4. The van der Waals surface area contributed by atoms with Gasteiger partial charge in [0.1, 0.15) is 5.75 Å². The van der Waals surface area contributed by atoms with E-state index in [0.717, 1.165) is 5.52 Å². The fraction of sp³-hybridized carbons (Fsp3) is 0. The fourth-order valence-electron chi connectivity index (χ4n) is 3.67. The minimum atomic E-state index is -0.479. The van der Waals surface area contributed by atoms with Crippen molar-refractivity contribution in [3.63, 3.8) is 0 Å². The number of hydrogen-bond acceptors (Lipinski definition) is 3. The molecular weight excluding hydrogens is 387 g/mol. The molecule has 0 bridgehead atoms. The molecule has 1 aliphatic heterocycles. The zero-order chi connectivity index (χ0) is 18.9. The summed E-state index contributed by atoms with van der Waals surface area (Å²) in [5, 5.41) is 14.3. The molecule has 132 valence electrons. The molecule has 1 aromatic heterocycles. The summed E-state index contributed by atoms with van der Waals surface area (Å²) in [5.41, 5.74) is 3.09. The van der Waals surface area contributed by atoms with Gasteiger partial charge >= 0.3 is 0 Å². The largest absolute Gasteiger partial charge is 0.508 e. The Balaban J connectivity index is 1.97. The van der Waals surface area contributed by atoms with Gasteiger partial charge in [0.25, 0.3) is 11.8 Å². The Labute approximate surface area is 162 Å². The molecule has 5 nitrogen and oxygen atoms in total. The van der Waals surface area contributed by atoms with Crippen LogP contribution in [0.25, 0.3) is 32.9 Å². The number of aromatic amines is 1. The van der Waals surface area contributed by atoms with Crippen LogP contribution in [0.3, 0.4) is 0 Å². The number of carbonyl (C=O) groups excluding carboxylic acids is 2. The molecule has 0 radical (unpaired) electrons. The highest BCUT2D eigenvalue weighted by atomic mass is 35.5. The molecule has 4 aromatic rings. The van der Waals surface area contributed by atoms with Gasteiger partial charge in [0.15, 0.2) is 0 Å². The number of aromatic hydroxyl groups is 1. The lowest BCUT2D eigenvalue weighted by Gasteiger charge is -2.10. The van der Waals surface area contributed by atoms with Crippen LogP contribution in [0.4, 0.5) is 0 Å². The summed E-state index contributed by atoms with van der Waals surface area (Å²) in [5.74, 6) is -0.879. The Morgan fingerprint density at radius 2 is 1.59 bits per heavy atom. The maximum atomic E-state index is 12.6. The molecule has 0 unspecified atom stereocenters. The van der Waals surface area contributed by atoms with Crippen molar-refractivity contribution in [2.45, 2.75) is 0 Å². The van der Waals surface area contributed by atoms with Crippen molar-refractivity contribution in [1.29, 1.82) is 0 Å². The number of aromatic nitrogens is 1. The summed E-state index contributed by atoms with van der Waals surface area (Å²) in [6.45, 7) is 0. The lowest BCUT2D eigenvalue weighted by atomic mass is 9.93. The number of fused-ring (bicyclic) bond motifs is 5. The van der Waals surface area contributed by atoms with Crippen LogP contribution >= 0.6 is 23.2 Å². The second-order valence-electron chi connectivity index (χ2n) is 6.36. The number of carbonyl (C=O) groups is 2. The van der Waals surface area contributed by atoms with E-state index in [4.69, 9.17) is 23.2 Å². The number of halogens is 2. The first-order chi connectivity index (χ1) is 12.9. The third-order valence-corrected chi connectivity index (χ3v) is 5.32. The van der Waals surface area contributed by atoms with Crippen LogP contribution in [0.2, 0.25) is 10.0 Å². The van der Waals surface area contributed by atoms with Crippen LogP contribution in [0.15, 0.2) is 42.5 Å². The average molecular weight is 397 g/mol. The molecule has 5 rings (SSSR count). The molecule has 7 heteroatoms. The zero-order valence-electron chi connectivity index (χ0n) is 13.6. The van der Waals surface area contributed by atoms with Gasteiger partial charge in [-0.25, -0.2) is 0 Å². The number of nitrogens with one attached hydrogen (secondary N) is 2. The van der Waals surface area contributed by atoms with E-state index in [1.54, 1.807) is 42.5 Å². The quantitative estimate of drug-likeness (QED) is 0.400. The summed E-state index contributed by atoms with van der Waals surface area (Å²) < 4.78 is 0. The molecule has 3 aromatic carbocycles. The van der Waals surface area contributed by atoms with Gasteiger partial charge in [-0.05, 0) is 42.0 Å². The minimum Gasteiger partial charge on any atom is -0.508 e. The summed E-state index contributed by atoms with van der Waals surface area (Å²) in [7, 11) is 0. The van der Waals surface area contributed by atoms with E-state index in [1.807, 2.05) is 0 Å². The van der Waals surface area contributed by atoms with E-state index in [1.165, 1.54) is 0 Å². The predicted molar refractivity (Wildman–Crippen MR) is 105 cm³/mol. The SMILES string of the molecule is O=C1NC(=O)c2c1c(-c1ccc(Cl)cc1Cl)cc1[nH]c3ccc(O)cc3c21. The molecule has 1 aliphatic rings. The van der Waals surface area contributed by atoms with Crippen molar-refractivity contribution >= 4 is 56.8 Å². The number of benzene rings is 3. The van der Waals surface area contributed by atoms with E-state index in [0.29, 0.717) is 37.5 Å². The molecule has 0 fully saturated rings. The number of phenolic OH excluding ortho intramolecular Hbond substituents is 1. The Morgan fingerprint density at radius 1 is 0.815 bits per heavy atom. The smallest absolute Gasteiger partial charge is 0.259 e. The average Bonchev–Trinajstić information content (AvgIpc) is 3.11. The Kier molecular flexibility index (Phi) is 3.29.